The fourth-order valence-corrected chi connectivity index (χ4v) is 2.66. The number of nitrogens with zero attached hydrogens (tertiary/aromatic N) is 2. The molecule has 0 radical (unpaired) electrons. The van der Waals surface area contributed by atoms with Gasteiger partial charge < -0.3 is 14.7 Å². The van der Waals surface area contributed by atoms with Crippen LogP contribution in [0.1, 0.15) is 5.76 Å². The Bertz CT molecular complexity index is 688. The fourth-order valence-electron chi connectivity index (χ4n) is 1.70. The van der Waals surface area contributed by atoms with Gasteiger partial charge in [-0.2, -0.15) is 0 Å². The molecule has 0 bridgehead atoms. The van der Waals surface area contributed by atoms with E-state index in [1.807, 2.05) is 12.1 Å². The number of anilines is 1. The van der Waals surface area contributed by atoms with Crippen LogP contribution in [0.5, 0.6) is 0 Å². The predicted octanol–water partition coefficient (Wildman–Crippen LogP) is 2.83. The van der Waals surface area contributed by atoms with Crippen molar-refractivity contribution in [3.63, 3.8) is 0 Å². The Morgan fingerprint density at radius 2 is 2.04 bits per heavy atom. The second-order valence-corrected chi connectivity index (χ2v) is 6.35. The molecule has 1 aromatic heterocycles. The number of likely N-dealkylation sites (N-methyl/N-ethyl adjacent to an activating group) is 1. The molecule has 2 aromatic rings. The number of halogens is 1. The maximum absolute atomic E-state index is 12.0. The number of thioether (sulfide) groups is 1. The zero-order chi connectivity index (χ0) is 16.8. The smallest absolute Gasteiger partial charge is 0.245 e. The normalized spacial score (nSPS) is 10.4. The van der Waals surface area contributed by atoms with Gasteiger partial charge in [-0.1, -0.05) is 16.8 Å². The number of nitrogens with one attached hydrogen (secondary N) is 1. The van der Waals surface area contributed by atoms with E-state index in [1.165, 1.54) is 16.7 Å². The number of benzene rings is 1. The molecule has 0 atom stereocenters. The molecule has 1 aromatic carbocycles. The largest absolute Gasteiger partial charge is 0.360 e. The molecule has 0 aliphatic carbocycles. The van der Waals surface area contributed by atoms with Crippen molar-refractivity contribution in [3.05, 3.63) is 41.1 Å². The Balaban J connectivity index is 1.77. The Labute approximate surface area is 143 Å². The second kappa shape index (κ2) is 8.03. The van der Waals surface area contributed by atoms with Gasteiger partial charge in [0.15, 0.2) is 5.82 Å². The minimum Gasteiger partial charge on any atom is -0.360 e. The molecule has 0 unspecified atom stereocenters. The molecule has 23 heavy (non-hydrogen) atoms. The van der Waals surface area contributed by atoms with Crippen LogP contribution in [0.15, 0.2) is 39.8 Å². The van der Waals surface area contributed by atoms with Gasteiger partial charge in [0, 0.05) is 23.0 Å². The number of rotatable bonds is 6. The van der Waals surface area contributed by atoms with E-state index >= 15 is 0 Å². The Morgan fingerprint density at radius 1 is 1.35 bits per heavy atom. The zero-order valence-corrected chi connectivity index (χ0v) is 14.3. The summed E-state index contributed by atoms with van der Waals surface area (Å²) in [5, 5.41) is 6.89. The van der Waals surface area contributed by atoms with Crippen molar-refractivity contribution < 1.29 is 14.1 Å². The van der Waals surface area contributed by atoms with Crippen molar-refractivity contribution in [2.24, 2.45) is 0 Å². The molecule has 1 N–H and O–H groups in total. The van der Waals surface area contributed by atoms with E-state index in [0.717, 1.165) is 4.90 Å². The maximum Gasteiger partial charge on any atom is 0.245 e. The van der Waals surface area contributed by atoms with Gasteiger partial charge in [-0.15, -0.1) is 11.8 Å². The average Bonchev–Trinajstić information content (AvgIpc) is 2.91. The van der Waals surface area contributed by atoms with Crippen LogP contribution < -0.4 is 5.32 Å². The van der Waals surface area contributed by atoms with Crippen molar-refractivity contribution in [3.8, 4) is 0 Å². The number of hydrogen-bond acceptors (Lipinski definition) is 5. The van der Waals surface area contributed by atoms with E-state index in [9.17, 15) is 9.59 Å². The van der Waals surface area contributed by atoms with Crippen molar-refractivity contribution in [1.82, 2.24) is 10.1 Å². The van der Waals surface area contributed by atoms with Gasteiger partial charge in [0.05, 0.1) is 12.3 Å². The first-order chi connectivity index (χ1) is 10.9. The summed E-state index contributed by atoms with van der Waals surface area (Å²) in [5.74, 6) is 0.712. The highest BCUT2D eigenvalue weighted by Gasteiger charge is 2.14. The van der Waals surface area contributed by atoms with Gasteiger partial charge in [0.1, 0.15) is 5.76 Å². The van der Waals surface area contributed by atoms with Gasteiger partial charge in [0.25, 0.3) is 0 Å². The first-order valence-electron chi connectivity index (χ1n) is 6.79. The van der Waals surface area contributed by atoms with Crippen molar-refractivity contribution in [2.45, 2.75) is 11.8 Å². The molecule has 8 heteroatoms. The minimum absolute atomic E-state index is 0.0497. The lowest BCUT2D eigenvalue weighted by Gasteiger charge is -2.16. The summed E-state index contributed by atoms with van der Waals surface area (Å²) in [6.45, 7) is 1.68. The van der Waals surface area contributed by atoms with Gasteiger partial charge in [-0.3, -0.25) is 9.59 Å². The minimum atomic E-state index is -0.328. The molecule has 6 nitrogen and oxygen atoms in total. The van der Waals surface area contributed by atoms with Crippen LogP contribution >= 0.6 is 23.4 Å². The number of aromatic nitrogens is 1. The van der Waals surface area contributed by atoms with Crippen LogP contribution in [0, 0.1) is 6.92 Å². The Kier molecular flexibility index (Phi) is 6.06. The number of aryl methyl sites for hydroxylation is 1. The summed E-state index contributed by atoms with van der Waals surface area (Å²) in [4.78, 5) is 26.2. The molecule has 0 saturated carbocycles. The molecular weight excluding hydrogens is 338 g/mol. The van der Waals surface area contributed by atoms with E-state index in [4.69, 9.17) is 16.1 Å². The third-order valence-corrected chi connectivity index (χ3v) is 4.13. The van der Waals surface area contributed by atoms with Crippen molar-refractivity contribution in [1.29, 1.82) is 0 Å². The number of carbonyl (C=O) groups is 2. The average molecular weight is 354 g/mol. The SMILES string of the molecule is Cc1cc(NC(=O)CN(C)C(=O)CSc2ccc(Cl)cc2)no1. The van der Waals surface area contributed by atoms with Crippen LogP contribution in [0.3, 0.4) is 0 Å². The predicted molar refractivity (Wildman–Crippen MR) is 89.7 cm³/mol. The van der Waals surface area contributed by atoms with E-state index in [2.05, 4.69) is 10.5 Å². The van der Waals surface area contributed by atoms with Crippen LogP contribution in [0.25, 0.3) is 0 Å². The summed E-state index contributed by atoms with van der Waals surface area (Å²) < 4.78 is 4.86. The quantitative estimate of drug-likeness (QED) is 0.808. The van der Waals surface area contributed by atoms with Crippen LogP contribution in [-0.2, 0) is 9.59 Å². The van der Waals surface area contributed by atoms with Gasteiger partial charge in [-0.05, 0) is 31.2 Å². The first kappa shape index (κ1) is 17.4. The zero-order valence-electron chi connectivity index (χ0n) is 12.7. The highest BCUT2D eigenvalue weighted by Crippen LogP contribution is 2.20. The Morgan fingerprint density at radius 3 is 2.65 bits per heavy atom. The number of carbonyl (C=O) groups excluding carboxylic acids is 2. The molecule has 2 amide bonds. The summed E-state index contributed by atoms with van der Waals surface area (Å²) >= 11 is 7.20. The Hall–Kier alpha value is -1.99. The third kappa shape index (κ3) is 5.61. The third-order valence-electron chi connectivity index (χ3n) is 2.88. The second-order valence-electron chi connectivity index (χ2n) is 4.86. The highest BCUT2D eigenvalue weighted by molar-refractivity contribution is 8.00. The van der Waals surface area contributed by atoms with E-state index in [1.54, 1.807) is 32.2 Å². The molecule has 0 fully saturated rings. The lowest BCUT2D eigenvalue weighted by atomic mass is 10.4. The molecule has 0 aliphatic heterocycles. The highest BCUT2D eigenvalue weighted by atomic mass is 35.5. The van der Waals surface area contributed by atoms with Gasteiger partial charge in [0.2, 0.25) is 11.8 Å². The van der Waals surface area contributed by atoms with E-state index < -0.39 is 0 Å². The molecular formula is C15H16ClN3O3S. The molecule has 1 heterocycles. The fraction of sp³-hybridized carbons (Fsp3) is 0.267. The summed E-state index contributed by atoms with van der Waals surface area (Å²) in [6, 6.07) is 8.84. The molecule has 0 aliphatic rings. The monoisotopic (exact) mass is 353 g/mol. The topological polar surface area (TPSA) is 75.4 Å². The van der Waals surface area contributed by atoms with E-state index in [0.29, 0.717) is 16.6 Å². The lowest BCUT2D eigenvalue weighted by Crippen LogP contribution is -2.36. The number of amides is 2. The maximum atomic E-state index is 12.0. The first-order valence-corrected chi connectivity index (χ1v) is 8.16. The van der Waals surface area contributed by atoms with E-state index in [-0.39, 0.29) is 24.1 Å². The van der Waals surface area contributed by atoms with Crippen molar-refractivity contribution >= 4 is 41.0 Å². The summed E-state index contributed by atoms with van der Waals surface area (Å²) in [5.41, 5.74) is 0. The van der Waals surface area contributed by atoms with Gasteiger partial charge in [-0.25, -0.2) is 0 Å². The lowest BCUT2D eigenvalue weighted by molar-refractivity contribution is -0.131. The van der Waals surface area contributed by atoms with Gasteiger partial charge >= 0.3 is 0 Å². The summed E-state index contributed by atoms with van der Waals surface area (Å²) in [6.07, 6.45) is 0. The standard InChI is InChI=1S/C15H16ClN3O3S/c1-10-7-13(18-22-10)17-14(20)8-19(2)15(21)9-23-12-5-3-11(16)4-6-12/h3-7H,8-9H2,1-2H3,(H,17,18,20). The molecule has 0 spiro atoms. The van der Waals surface area contributed by atoms with Crippen molar-refractivity contribution in [2.75, 3.05) is 24.7 Å². The van der Waals surface area contributed by atoms with Crippen LogP contribution in [0.2, 0.25) is 5.02 Å². The molecule has 122 valence electrons. The number of hydrogen-bond donors (Lipinski definition) is 1. The van der Waals surface area contributed by atoms with Crippen LogP contribution in [-0.4, -0.2) is 41.2 Å². The van der Waals surface area contributed by atoms with Crippen LogP contribution in [0.4, 0.5) is 5.82 Å². The summed E-state index contributed by atoms with van der Waals surface area (Å²) in [7, 11) is 1.58. The molecule has 2 rings (SSSR count). The molecule has 0 saturated heterocycles.